The first-order chi connectivity index (χ1) is 17.6. The molecule has 36 heavy (non-hydrogen) atoms. The Kier molecular flexibility index (Phi) is 5.96. The van der Waals surface area contributed by atoms with E-state index in [4.69, 9.17) is 10.5 Å². The predicted octanol–water partition coefficient (Wildman–Crippen LogP) is 2.18. The largest absolute Gasteiger partial charge is 0.378 e. The summed E-state index contributed by atoms with van der Waals surface area (Å²) in [4.78, 5) is 33.7. The lowest BCUT2D eigenvalue weighted by molar-refractivity contribution is -0.115. The molecule has 0 aliphatic carbocycles. The van der Waals surface area contributed by atoms with E-state index in [0.29, 0.717) is 13.2 Å². The van der Waals surface area contributed by atoms with Crippen LogP contribution in [0.4, 0.5) is 17.2 Å². The van der Waals surface area contributed by atoms with E-state index in [1.807, 2.05) is 36.4 Å². The van der Waals surface area contributed by atoms with Gasteiger partial charge in [0.2, 0.25) is 5.91 Å². The van der Waals surface area contributed by atoms with E-state index in [-0.39, 0.29) is 18.4 Å². The fraction of sp³-hybridized carbons (Fsp3) is 0.308. The Morgan fingerprint density at radius 3 is 2.64 bits per heavy atom. The Balaban J connectivity index is 1.13. The van der Waals surface area contributed by atoms with E-state index in [9.17, 15) is 4.79 Å². The molecule has 1 amide bonds. The number of carbonyl (C=O) groups is 1. The molecule has 2 saturated heterocycles. The summed E-state index contributed by atoms with van der Waals surface area (Å²) >= 11 is 0. The summed E-state index contributed by atoms with van der Waals surface area (Å²) in [6.45, 7) is 4.69. The van der Waals surface area contributed by atoms with Gasteiger partial charge in [0.25, 0.3) is 0 Å². The quantitative estimate of drug-likeness (QED) is 0.380. The van der Waals surface area contributed by atoms with Gasteiger partial charge in [-0.1, -0.05) is 12.1 Å². The van der Waals surface area contributed by atoms with Crippen molar-refractivity contribution in [2.45, 2.75) is 12.5 Å². The molecule has 6 rings (SSSR count). The molecule has 2 aliphatic heterocycles. The van der Waals surface area contributed by atoms with Crippen molar-refractivity contribution >= 4 is 34.1 Å². The van der Waals surface area contributed by atoms with E-state index in [1.54, 1.807) is 12.5 Å². The SMILES string of the molecule is NC1CN(c2ccnc(CC(=O)Nc3ccc(-c4cc5c(N6CCOCC6)ncnc5[nH]4)cc3)c2)C1. The number of pyridine rings is 1. The van der Waals surface area contributed by atoms with Crippen LogP contribution in [0.25, 0.3) is 22.3 Å². The summed E-state index contributed by atoms with van der Waals surface area (Å²) in [7, 11) is 0. The third kappa shape index (κ3) is 4.60. The van der Waals surface area contributed by atoms with Crippen molar-refractivity contribution in [1.82, 2.24) is 19.9 Å². The van der Waals surface area contributed by atoms with Crippen LogP contribution in [-0.4, -0.2) is 71.3 Å². The number of ether oxygens (including phenoxy) is 1. The highest BCUT2D eigenvalue weighted by atomic mass is 16.5. The minimum absolute atomic E-state index is 0.108. The summed E-state index contributed by atoms with van der Waals surface area (Å²) in [5, 5.41) is 3.96. The van der Waals surface area contributed by atoms with E-state index >= 15 is 0 Å². The second-order valence-corrected chi connectivity index (χ2v) is 9.21. The molecule has 0 bridgehead atoms. The highest BCUT2D eigenvalue weighted by Gasteiger charge is 2.23. The van der Waals surface area contributed by atoms with Gasteiger partial charge in [0.1, 0.15) is 17.8 Å². The van der Waals surface area contributed by atoms with Crippen molar-refractivity contribution in [1.29, 1.82) is 0 Å². The zero-order valence-corrected chi connectivity index (χ0v) is 19.9. The lowest BCUT2D eigenvalue weighted by atomic mass is 10.1. The number of rotatable bonds is 6. The maximum Gasteiger partial charge on any atom is 0.230 e. The van der Waals surface area contributed by atoms with Crippen LogP contribution in [0.1, 0.15) is 5.69 Å². The van der Waals surface area contributed by atoms with Crippen molar-refractivity contribution in [2.24, 2.45) is 5.73 Å². The minimum atomic E-state index is -0.108. The highest BCUT2D eigenvalue weighted by molar-refractivity contribution is 5.94. The molecule has 0 unspecified atom stereocenters. The topological polar surface area (TPSA) is 125 Å². The van der Waals surface area contributed by atoms with Gasteiger partial charge in [-0.15, -0.1) is 0 Å². The molecule has 0 radical (unpaired) electrons. The molecule has 0 saturated carbocycles. The van der Waals surface area contributed by atoms with Crippen LogP contribution < -0.4 is 20.9 Å². The Bertz CT molecular complexity index is 1370. The van der Waals surface area contributed by atoms with Gasteiger partial charge in [-0.3, -0.25) is 9.78 Å². The molecule has 3 aromatic heterocycles. The van der Waals surface area contributed by atoms with Crippen LogP contribution in [0.5, 0.6) is 0 Å². The maximum absolute atomic E-state index is 12.6. The third-order valence-electron chi connectivity index (χ3n) is 6.61. The number of anilines is 3. The smallest absolute Gasteiger partial charge is 0.230 e. The van der Waals surface area contributed by atoms with E-state index in [1.165, 1.54) is 0 Å². The van der Waals surface area contributed by atoms with Gasteiger partial charge in [-0.2, -0.15) is 0 Å². The number of morpholine rings is 1. The standard InChI is InChI=1S/C26H28N8O2/c27-18-14-34(15-18)21-5-6-28-20(11-21)12-24(35)31-19-3-1-17(2-4-19)23-13-22-25(32-23)29-16-30-26(22)33-7-9-36-10-8-33/h1-6,11,13,16,18H,7-10,12,14-15,27H2,(H,31,35)(H,29,30,32). The van der Waals surface area contributed by atoms with E-state index in [0.717, 1.165) is 71.4 Å². The normalized spacial score (nSPS) is 16.2. The second kappa shape index (κ2) is 9.56. The molecule has 1 aromatic carbocycles. The van der Waals surface area contributed by atoms with Crippen LogP contribution in [0.2, 0.25) is 0 Å². The van der Waals surface area contributed by atoms with Crippen LogP contribution >= 0.6 is 0 Å². The average molecular weight is 485 g/mol. The number of amides is 1. The van der Waals surface area contributed by atoms with Gasteiger partial charge >= 0.3 is 0 Å². The molecule has 2 fully saturated rings. The number of carbonyl (C=O) groups excluding carboxylic acids is 1. The third-order valence-corrected chi connectivity index (χ3v) is 6.61. The van der Waals surface area contributed by atoms with Crippen molar-refractivity contribution in [3.63, 3.8) is 0 Å². The minimum Gasteiger partial charge on any atom is -0.378 e. The summed E-state index contributed by atoms with van der Waals surface area (Å²) in [5.41, 5.74) is 11.2. The zero-order valence-electron chi connectivity index (χ0n) is 19.9. The Morgan fingerprint density at radius 1 is 1.06 bits per heavy atom. The lowest BCUT2D eigenvalue weighted by Gasteiger charge is -2.38. The van der Waals surface area contributed by atoms with Gasteiger partial charge in [-0.05, 0) is 35.9 Å². The molecule has 0 spiro atoms. The van der Waals surface area contributed by atoms with Crippen molar-refractivity contribution in [3.8, 4) is 11.3 Å². The van der Waals surface area contributed by atoms with Crippen LogP contribution in [0.15, 0.2) is 55.0 Å². The van der Waals surface area contributed by atoms with E-state index < -0.39 is 0 Å². The fourth-order valence-electron chi connectivity index (χ4n) is 4.69. The summed E-state index contributed by atoms with van der Waals surface area (Å²) in [6, 6.07) is 14.0. The predicted molar refractivity (Wildman–Crippen MR) is 139 cm³/mol. The number of aromatic nitrogens is 4. The number of nitrogens with zero attached hydrogens (tertiary/aromatic N) is 5. The number of hydrogen-bond donors (Lipinski definition) is 3. The van der Waals surface area contributed by atoms with E-state index in [2.05, 4.69) is 41.1 Å². The second-order valence-electron chi connectivity index (χ2n) is 9.21. The Labute approximate surface area is 208 Å². The van der Waals surface area contributed by atoms with Crippen LogP contribution in [0.3, 0.4) is 0 Å². The number of nitrogens with two attached hydrogens (primary N) is 1. The molecule has 4 aromatic rings. The van der Waals surface area contributed by atoms with Crippen LogP contribution in [-0.2, 0) is 16.0 Å². The highest BCUT2D eigenvalue weighted by Crippen LogP contribution is 2.29. The number of benzene rings is 1. The molecule has 10 heteroatoms. The van der Waals surface area contributed by atoms with Crippen LogP contribution in [0, 0.1) is 0 Å². The molecule has 0 atom stereocenters. The van der Waals surface area contributed by atoms with Crippen molar-refractivity contribution in [3.05, 3.63) is 60.7 Å². The number of nitrogens with one attached hydrogen (secondary N) is 2. The molecule has 10 nitrogen and oxygen atoms in total. The first-order valence-electron chi connectivity index (χ1n) is 12.1. The number of fused-ring (bicyclic) bond motifs is 1. The zero-order chi connectivity index (χ0) is 24.5. The average Bonchev–Trinajstić information content (AvgIpc) is 3.32. The first kappa shape index (κ1) is 22.4. The first-order valence-corrected chi connectivity index (χ1v) is 12.1. The lowest BCUT2D eigenvalue weighted by Crippen LogP contribution is -2.55. The molecule has 2 aliphatic rings. The molecular weight excluding hydrogens is 456 g/mol. The van der Waals surface area contributed by atoms with Crippen molar-refractivity contribution < 1.29 is 9.53 Å². The maximum atomic E-state index is 12.6. The fourth-order valence-corrected chi connectivity index (χ4v) is 4.69. The summed E-state index contributed by atoms with van der Waals surface area (Å²) in [6.07, 6.45) is 3.54. The molecular formula is C26H28N8O2. The van der Waals surface area contributed by atoms with Gasteiger partial charge in [0.05, 0.1) is 30.7 Å². The van der Waals surface area contributed by atoms with Gasteiger partial charge < -0.3 is 30.6 Å². The van der Waals surface area contributed by atoms with Gasteiger partial charge in [0, 0.05) is 55.5 Å². The number of H-pyrrole nitrogens is 1. The Morgan fingerprint density at radius 2 is 1.86 bits per heavy atom. The number of hydrogen-bond acceptors (Lipinski definition) is 8. The molecule has 184 valence electrons. The van der Waals surface area contributed by atoms with Crippen molar-refractivity contribution in [2.75, 3.05) is 54.5 Å². The Hall–Kier alpha value is -4.02. The summed E-state index contributed by atoms with van der Waals surface area (Å²) in [5.74, 6) is 0.813. The molecule has 5 heterocycles. The van der Waals surface area contributed by atoms with Gasteiger partial charge in [0.15, 0.2) is 0 Å². The summed E-state index contributed by atoms with van der Waals surface area (Å²) < 4.78 is 5.47. The van der Waals surface area contributed by atoms with Gasteiger partial charge in [-0.25, -0.2) is 9.97 Å². The number of aromatic amines is 1. The monoisotopic (exact) mass is 484 g/mol. The molecule has 4 N–H and O–H groups in total.